The van der Waals surface area contributed by atoms with E-state index in [0.29, 0.717) is 36.9 Å². The number of amides is 5. The van der Waals surface area contributed by atoms with E-state index in [1.54, 1.807) is 48.2 Å². The zero-order valence-corrected chi connectivity index (χ0v) is 29.9. The number of nitrogens with one attached hydrogen (secondary N) is 5. The van der Waals surface area contributed by atoms with E-state index < -0.39 is 59.7 Å². The van der Waals surface area contributed by atoms with Crippen LogP contribution >= 0.6 is 11.8 Å². The van der Waals surface area contributed by atoms with Gasteiger partial charge < -0.3 is 31.7 Å². The number of hydrogen-bond donors (Lipinski definition) is 6. The molecule has 13 heteroatoms. The van der Waals surface area contributed by atoms with Crippen LogP contribution in [0.5, 0.6) is 0 Å². The average Bonchev–Trinajstić information content (AvgIpc) is 3.83. The van der Waals surface area contributed by atoms with Crippen LogP contribution in [0.25, 0.3) is 0 Å². The van der Waals surface area contributed by atoms with Gasteiger partial charge in [0, 0.05) is 36.6 Å². The minimum absolute atomic E-state index is 0.0240. The van der Waals surface area contributed by atoms with Gasteiger partial charge in [0.05, 0.1) is 0 Å². The van der Waals surface area contributed by atoms with Crippen LogP contribution in [-0.4, -0.2) is 70.0 Å². The zero-order chi connectivity index (χ0) is 37.3. The molecule has 276 valence electrons. The Morgan fingerprint density at radius 3 is 2.02 bits per heavy atom. The number of thioether (sulfide) groups is 1. The summed E-state index contributed by atoms with van der Waals surface area (Å²) in [5.74, 6) is -4.35. The number of fused-ring (bicyclic) bond motifs is 19. The summed E-state index contributed by atoms with van der Waals surface area (Å²) in [6.07, 6.45) is 3.70. The third-order valence-corrected chi connectivity index (χ3v) is 11.0. The van der Waals surface area contributed by atoms with E-state index in [1.165, 1.54) is 0 Å². The summed E-state index contributed by atoms with van der Waals surface area (Å²) in [4.78, 5) is 81.0. The molecule has 3 heterocycles. The van der Waals surface area contributed by atoms with Crippen molar-refractivity contribution in [3.8, 4) is 0 Å². The van der Waals surface area contributed by atoms with Crippen molar-refractivity contribution in [2.75, 3.05) is 5.32 Å². The van der Waals surface area contributed by atoms with E-state index in [1.807, 2.05) is 53.9 Å². The van der Waals surface area contributed by atoms with Crippen molar-refractivity contribution in [1.29, 1.82) is 0 Å². The van der Waals surface area contributed by atoms with E-state index in [2.05, 4.69) is 26.6 Å². The van der Waals surface area contributed by atoms with Crippen molar-refractivity contribution in [2.45, 2.75) is 80.8 Å². The Kier molecular flexibility index (Phi) is 12.2. The molecule has 3 aromatic rings. The number of carboxylic acids is 1. The molecule has 1 aliphatic carbocycles. The first kappa shape index (κ1) is 37.3. The number of hydrogen-bond acceptors (Lipinski definition) is 7. The summed E-state index contributed by atoms with van der Waals surface area (Å²) in [6, 6.07) is 18.8. The normalized spacial score (nSPS) is 24.6. The summed E-state index contributed by atoms with van der Waals surface area (Å²) in [7, 11) is 0. The molecule has 4 aliphatic rings. The van der Waals surface area contributed by atoms with Crippen LogP contribution in [-0.2, 0) is 54.5 Å². The summed E-state index contributed by atoms with van der Waals surface area (Å²) >= 11 is 1.56. The van der Waals surface area contributed by atoms with Crippen LogP contribution in [0.1, 0.15) is 47.9 Å². The molecule has 3 aliphatic heterocycles. The summed E-state index contributed by atoms with van der Waals surface area (Å²) in [5.41, 5.74) is 3.88. The molecule has 5 atom stereocenters. The minimum atomic E-state index is -1.33. The zero-order valence-electron chi connectivity index (χ0n) is 29.1. The van der Waals surface area contributed by atoms with Crippen molar-refractivity contribution in [1.82, 2.24) is 21.3 Å². The van der Waals surface area contributed by atoms with Gasteiger partial charge in [-0.05, 0) is 71.4 Å². The Morgan fingerprint density at radius 2 is 1.36 bits per heavy atom. The largest absolute Gasteiger partial charge is 0.480 e. The summed E-state index contributed by atoms with van der Waals surface area (Å²) in [5, 5.41) is 26.1. The number of carboxylic acid groups (broad SMARTS) is 1. The molecular weight excluding hydrogens is 695 g/mol. The molecule has 5 amide bonds. The number of carbonyl (C=O) groups is 6. The second-order valence-corrected chi connectivity index (χ2v) is 15.0. The second-order valence-electron chi connectivity index (χ2n) is 13.7. The molecule has 0 fully saturated rings. The Labute approximate surface area is 312 Å². The van der Waals surface area contributed by atoms with Crippen molar-refractivity contribution < 1.29 is 33.9 Å². The fourth-order valence-electron chi connectivity index (χ4n) is 7.03. The first-order chi connectivity index (χ1) is 25.6. The van der Waals surface area contributed by atoms with Crippen LogP contribution < -0.4 is 26.6 Å². The highest BCUT2D eigenvalue weighted by molar-refractivity contribution is 8.03. The van der Waals surface area contributed by atoms with Crippen LogP contribution in [0.3, 0.4) is 0 Å². The van der Waals surface area contributed by atoms with Crippen molar-refractivity contribution in [2.24, 2.45) is 5.92 Å². The summed E-state index contributed by atoms with van der Waals surface area (Å²) < 4.78 is 0. The molecule has 2 bridgehead atoms. The maximum Gasteiger partial charge on any atom is 0.326 e. The molecule has 6 N–H and O–H groups in total. The first-order valence-corrected chi connectivity index (χ1v) is 18.8. The molecule has 53 heavy (non-hydrogen) atoms. The lowest BCUT2D eigenvalue weighted by Crippen LogP contribution is -2.60. The van der Waals surface area contributed by atoms with Crippen LogP contribution in [0, 0.1) is 5.92 Å². The van der Waals surface area contributed by atoms with Gasteiger partial charge in [-0.2, -0.15) is 0 Å². The van der Waals surface area contributed by atoms with Crippen LogP contribution in [0.2, 0.25) is 0 Å². The van der Waals surface area contributed by atoms with E-state index in [0.717, 1.165) is 16.7 Å². The number of anilines is 1. The highest BCUT2D eigenvalue weighted by Crippen LogP contribution is 2.30. The number of rotatable bonds is 6. The van der Waals surface area contributed by atoms with Crippen molar-refractivity contribution in [3.05, 3.63) is 113 Å². The maximum atomic E-state index is 14.4. The molecule has 0 radical (unpaired) electrons. The van der Waals surface area contributed by atoms with Gasteiger partial charge in [0.2, 0.25) is 29.5 Å². The molecule has 7 rings (SSSR count). The van der Waals surface area contributed by atoms with Gasteiger partial charge >= 0.3 is 5.97 Å². The molecule has 0 saturated carbocycles. The predicted molar refractivity (Wildman–Crippen MR) is 201 cm³/mol. The fourth-order valence-corrected chi connectivity index (χ4v) is 8.00. The van der Waals surface area contributed by atoms with Gasteiger partial charge in [0.25, 0.3) is 0 Å². The van der Waals surface area contributed by atoms with Crippen LogP contribution in [0.4, 0.5) is 5.69 Å². The number of aliphatic carboxylic acids is 1. The Hall–Kier alpha value is -5.43. The molecule has 0 spiro atoms. The maximum absolute atomic E-state index is 14.4. The quantitative estimate of drug-likeness (QED) is 0.209. The summed E-state index contributed by atoms with van der Waals surface area (Å²) in [6.45, 7) is 0. The number of allylic oxidation sites excluding steroid dienone is 1. The van der Waals surface area contributed by atoms with Gasteiger partial charge in [0.1, 0.15) is 24.2 Å². The lowest BCUT2D eigenvalue weighted by Gasteiger charge is -2.29. The highest BCUT2D eigenvalue weighted by atomic mass is 32.2. The monoisotopic (exact) mass is 737 g/mol. The fraction of sp³-hybridized carbons (Fsp3) is 0.350. The van der Waals surface area contributed by atoms with Gasteiger partial charge in [-0.3, -0.25) is 24.0 Å². The Morgan fingerprint density at radius 1 is 0.698 bits per heavy atom. The molecule has 0 saturated heterocycles. The van der Waals surface area contributed by atoms with E-state index in [4.69, 9.17) is 0 Å². The van der Waals surface area contributed by atoms with Gasteiger partial charge in [-0.25, -0.2) is 4.79 Å². The van der Waals surface area contributed by atoms with Crippen LogP contribution in [0.15, 0.2) is 90.3 Å². The molecule has 0 aromatic heterocycles. The second kappa shape index (κ2) is 17.4. The van der Waals surface area contributed by atoms with Crippen molar-refractivity contribution in [3.63, 3.8) is 0 Å². The van der Waals surface area contributed by atoms with Gasteiger partial charge in [-0.1, -0.05) is 72.8 Å². The number of benzene rings is 3. The average molecular weight is 738 g/mol. The van der Waals surface area contributed by atoms with Crippen molar-refractivity contribution >= 4 is 53.0 Å². The Bertz CT molecular complexity index is 1840. The minimum Gasteiger partial charge on any atom is -0.480 e. The van der Waals surface area contributed by atoms with E-state index in [-0.39, 0.29) is 36.9 Å². The molecule has 3 aromatic carbocycles. The third kappa shape index (κ3) is 10.1. The van der Waals surface area contributed by atoms with E-state index in [9.17, 15) is 33.9 Å². The first-order valence-electron chi connectivity index (χ1n) is 17.8. The lowest BCUT2D eigenvalue weighted by atomic mass is 9.94. The molecule has 12 nitrogen and oxygen atoms in total. The Balaban J connectivity index is 1.33. The SMILES string of the molecule is O=C1CCC(=O)N[C@H](CC2CC=CS2)C(=O)N[C@@H](C2Cc3ccccc3C2)C(=O)N[C@H](Cc2ccccc2)C(=O)N[C@H](C(=O)O)Cc2ccc(cc2)N1. The van der Waals surface area contributed by atoms with Gasteiger partial charge in [-0.15, -0.1) is 11.8 Å². The molecular formula is C40H43N5O7S. The molecule has 1 unspecified atom stereocenters. The standard InChI is InChI=1S/C40H43N5O7S/c46-34-16-17-35(47)42-32(23-30-11-6-18-53-30)38(49)45-36(28-21-26-9-4-5-10-27(26)22-28)39(50)43-31(19-24-7-2-1-3-8-24)37(48)44-33(40(51)52)20-25-12-14-29(41-34)15-13-25/h1-10,12-15,18,28,30-33,36H,11,16-17,19-23H2,(H,41,46)(H,42,47)(H,43,50)(H,44,48)(H,45,49)(H,51,52)/t30?,31-,32-,33+,36+/m1/s1. The number of carbonyl (C=O) groups excluding carboxylic acids is 5. The van der Waals surface area contributed by atoms with Gasteiger partial charge in [0.15, 0.2) is 0 Å². The lowest BCUT2D eigenvalue weighted by molar-refractivity contribution is -0.142. The third-order valence-electron chi connectivity index (χ3n) is 9.84. The predicted octanol–water partition coefficient (Wildman–Crippen LogP) is 3.05. The highest BCUT2D eigenvalue weighted by Gasteiger charge is 2.38. The van der Waals surface area contributed by atoms with E-state index >= 15 is 0 Å². The topological polar surface area (TPSA) is 183 Å². The smallest absolute Gasteiger partial charge is 0.326 e.